The van der Waals surface area contributed by atoms with Gasteiger partial charge in [0.2, 0.25) is 5.91 Å². The minimum atomic E-state index is -0.302. The largest absolute Gasteiger partial charge is 0.496 e. The number of hydrogen-bond donors (Lipinski definition) is 1. The molecule has 1 unspecified atom stereocenters. The number of hydrogen-bond acceptors (Lipinski definition) is 4. The van der Waals surface area contributed by atoms with Crippen LogP contribution in [0.5, 0.6) is 17.2 Å². The van der Waals surface area contributed by atoms with E-state index in [1.165, 1.54) is 0 Å². The number of rotatable bonds is 5. The molecule has 1 N–H and O–H groups in total. The van der Waals surface area contributed by atoms with Crippen molar-refractivity contribution in [3.05, 3.63) is 46.5 Å². The molecule has 0 spiro atoms. The standard InChI is InChI=1S/C18H18ClNO4/c1-22-15-9-17(24-3)16(23-2)7-10(15)6-13-12-5-4-11(19)8-14(12)20-18(13)21/h4-5,7-9,13H,6H2,1-3H3,(H,20,21). The van der Waals surface area contributed by atoms with Gasteiger partial charge in [-0.15, -0.1) is 0 Å². The Hall–Kier alpha value is -2.40. The Bertz CT molecular complexity index is 791. The molecule has 126 valence electrons. The third-order valence-electron chi connectivity index (χ3n) is 4.18. The van der Waals surface area contributed by atoms with E-state index in [0.29, 0.717) is 28.7 Å². The first-order valence-corrected chi connectivity index (χ1v) is 7.84. The van der Waals surface area contributed by atoms with Gasteiger partial charge in [0.1, 0.15) is 5.75 Å². The summed E-state index contributed by atoms with van der Waals surface area (Å²) in [7, 11) is 4.74. The molecule has 0 radical (unpaired) electrons. The van der Waals surface area contributed by atoms with E-state index in [1.54, 1.807) is 39.5 Å². The van der Waals surface area contributed by atoms with Gasteiger partial charge in [-0.2, -0.15) is 0 Å². The molecular weight excluding hydrogens is 330 g/mol. The second-order valence-electron chi connectivity index (χ2n) is 5.50. The molecule has 5 nitrogen and oxygen atoms in total. The number of halogens is 1. The van der Waals surface area contributed by atoms with Crippen molar-refractivity contribution in [2.75, 3.05) is 26.6 Å². The summed E-state index contributed by atoms with van der Waals surface area (Å²) in [5.74, 6) is 1.49. The summed E-state index contributed by atoms with van der Waals surface area (Å²) in [4.78, 5) is 12.4. The highest BCUT2D eigenvalue weighted by Crippen LogP contribution is 2.40. The summed E-state index contributed by atoms with van der Waals surface area (Å²) in [5, 5.41) is 3.47. The van der Waals surface area contributed by atoms with Crippen molar-refractivity contribution >= 4 is 23.2 Å². The first kappa shape index (κ1) is 16.5. The molecule has 0 bridgehead atoms. The Balaban J connectivity index is 1.98. The van der Waals surface area contributed by atoms with Gasteiger partial charge in [-0.1, -0.05) is 17.7 Å². The Labute approximate surface area is 145 Å². The number of methoxy groups -OCH3 is 3. The number of carbonyl (C=O) groups is 1. The minimum absolute atomic E-state index is 0.0518. The van der Waals surface area contributed by atoms with Crippen molar-refractivity contribution in [3.63, 3.8) is 0 Å². The predicted octanol–water partition coefficient (Wildman–Crippen LogP) is 3.64. The predicted molar refractivity (Wildman–Crippen MR) is 92.6 cm³/mol. The molecule has 1 heterocycles. The monoisotopic (exact) mass is 347 g/mol. The van der Waals surface area contributed by atoms with Crippen LogP contribution < -0.4 is 19.5 Å². The van der Waals surface area contributed by atoms with Gasteiger partial charge in [0.15, 0.2) is 11.5 Å². The molecule has 1 amide bonds. The van der Waals surface area contributed by atoms with Gasteiger partial charge < -0.3 is 19.5 Å². The number of carbonyl (C=O) groups excluding carboxylic acids is 1. The van der Waals surface area contributed by atoms with E-state index in [4.69, 9.17) is 25.8 Å². The average Bonchev–Trinajstić information content (AvgIpc) is 2.89. The highest BCUT2D eigenvalue weighted by molar-refractivity contribution is 6.31. The quantitative estimate of drug-likeness (QED) is 0.897. The SMILES string of the molecule is COc1cc(OC)c(OC)cc1CC1C(=O)Nc2cc(Cl)ccc21. The van der Waals surface area contributed by atoms with Crippen LogP contribution >= 0.6 is 11.6 Å². The number of nitrogens with one attached hydrogen (secondary N) is 1. The first-order chi connectivity index (χ1) is 11.6. The van der Waals surface area contributed by atoms with Crippen LogP contribution in [0.4, 0.5) is 5.69 Å². The molecular formula is C18H18ClNO4. The fourth-order valence-electron chi connectivity index (χ4n) is 2.98. The van der Waals surface area contributed by atoms with E-state index >= 15 is 0 Å². The van der Waals surface area contributed by atoms with E-state index in [2.05, 4.69) is 5.32 Å². The summed E-state index contributed by atoms with van der Waals surface area (Å²) in [6, 6.07) is 9.05. The number of benzene rings is 2. The van der Waals surface area contributed by atoms with Crippen molar-refractivity contribution in [2.24, 2.45) is 0 Å². The van der Waals surface area contributed by atoms with Gasteiger partial charge in [0.25, 0.3) is 0 Å². The number of anilines is 1. The van der Waals surface area contributed by atoms with Crippen molar-refractivity contribution in [1.82, 2.24) is 0 Å². The lowest BCUT2D eigenvalue weighted by atomic mass is 9.92. The van der Waals surface area contributed by atoms with Gasteiger partial charge in [0.05, 0.1) is 27.2 Å². The van der Waals surface area contributed by atoms with E-state index < -0.39 is 0 Å². The molecule has 0 saturated carbocycles. The molecule has 2 aromatic carbocycles. The van der Waals surface area contributed by atoms with Gasteiger partial charge in [-0.3, -0.25) is 4.79 Å². The number of ether oxygens (including phenoxy) is 3. The van der Waals surface area contributed by atoms with Crippen LogP contribution in [0.3, 0.4) is 0 Å². The van der Waals surface area contributed by atoms with E-state index in [9.17, 15) is 4.79 Å². The Kier molecular flexibility index (Phi) is 4.53. The molecule has 0 aromatic heterocycles. The van der Waals surface area contributed by atoms with Crippen molar-refractivity contribution < 1.29 is 19.0 Å². The molecule has 2 aromatic rings. The average molecular weight is 348 g/mol. The summed E-state index contributed by atoms with van der Waals surface area (Å²) < 4.78 is 16.1. The van der Waals surface area contributed by atoms with Crippen LogP contribution in [-0.2, 0) is 11.2 Å². The normalized spacial score (nSPS) is 15.7. The molecule has 1 aliphatic rings. The zero-order valence-electron chi connectivity index (χ0n) is 13.7. The third-order valence-corrected chi connectivity index (χ3v) is 4.41. The molecule has 0 fully saturated rings. The van der Waals surface area contributed by atoms with Crippen molar-refractivity contribution in [2.45, 2.75) is 12.3 Å². The Morgan fingerprint density at radius 1 is 1.00 bits per heavy atom. The van der Waals surface area contributed by atoms with Crippen LogP contribution in [0.2, 0.25) is 5.02 Å². The van der Waals surface area contributed by atoms with Gasteiger partial charge in [-0.25, -0.2) is 0 Å². The van der Waals surface area contributed by atoms with Crippen LogP contribution in [0.15, 0.2) is 30.3 Å². The van der Waals surface area contributed by atoms with Gasteiger partial charge >= 0.3 is 0 Å². The third kappa shape index (κ3) is 2.87. The van der Waals surface area contributed by atoms with Crippen LogP contribution in [-0.4, -0.2) is 27.2 Å². The second-order valence-corrected chi connectivity index (χ2v) is 5.93. The van der Waals surface area contributed by atoms with E-state index in [1.807, 2.05) is 12.1 Å². The lowest BCUT2D eigenvalue weighted by Crippen LogP contribution is -2.14. The summed E-state index contributed by atoms with van der Waals surface area (Å²) in [6.45, 7) is 0. The Morgan fingerprint density at radius 2 is 1.67 bits per heavy atom. The minimum Gasteiger partial charge on any atom is -0.496 e. The highest BCUT2D eigenvalue weighted by Gasteiger charge is 2.31. The zero-order chi connectivity index (χ0) is 17.3. The number of fused-ring (bicyclic) bond motifs is 1. The molecule has 0 saturated heterocycles. The summed E-state index contributed by atoms with van der Waals surface area (Å²) in [6.07, 6.45) is 0.490. The van der Waals surface area contributed by atoms with Crippen molar-refractivity contribution in [1.29, 1.82) is 0 Å². The lowest BCUT2D eigenvalue weighted by molar-refractivity contribution is -0.117. The van der Waals surface area contributed by atoms with Crippen LogP contribution in [0.25, 0.3) is 0 Å². The van der Waals surface area contributed by atoms with E-state index in [0.717, 1.165) is 16.8 Å². The molecule has 24 heavy (non-hydrogen) atoms. The van der Waals surface area contributed by atoms with E-state index in [-0.39, 0.29) is 11.8 Å². The zero-order valence-corrected chi connectivity index (χ0v) is 14.4. The topological polar surface area (TPSA) is 56.8 Å². The van der Waals surface area contributed by atoms with Crippen molar-refractivity contribution in [3.8, 4) is 17.2 Å². The summed E-state index contributed by atoms with van der Waals surface area (Å²) in [5.41, 5.74) is 2.57. The second kappa shape index (κ2) is 6.61. The lowest BCUT2D eigenvalue weighted by Gasteiger charge is -2.16. The maximum atomic E-state index is 12.4. The fourth-order valence-corrected chi connectivity index (χ4v) is 3.15. The molecule has 1 aliphatic heterocycles. The molecule has 1 atom stereocenters. The summed E-state index contributed by atoms with van der Waals surface area (Å²) >= 11 is 6.00. The van der Waals surface area contributed by atoms with Crippen LogP contribution in [0, 0.1) is 0 Å². The molecule has 3 rings (SSSR count). The first-order valence-electron chi connectivity index (χ1n) is 7.46. The molecule has 6 heteroatoms. The smallest absolute Gasteiger partial charge is 0.232 e. The Morgan fingerprint density at radius 3 is 2.33 bits per heavy atom. The van der Waals surface area contributed by atoms with Gasteiger partial charge in [-0.05, 0) is 35.7 Å². The van der Waals surface area contributed by atoms with Crippen LogP contribution in [0.1, 0.15) is 17.0 Å². The maximum Gasteiger partial charge on any atom is 0.232 e. The fraction of sp³-hybridized carbons (Fsp3) is 0.278. The molecule has 0 aliphatic carbocycles. The number of amides is 1. The van der Waals surface area contributed by atoms with Gasteiger partial charge in [0, 0.05) is 16.8 Å². The maximum absolute atomic E-state index is 12.4. The highest BCUT2D eigenvalue weighted by atomic mass is 35.5.